The zero-order valence-electron chi connectivity index (χ0n) is 11.1. The molecule has 0 radical (unpaired) electrons. The van der Waals surface area contributed by atoms with E-state index in [4.69, 9.17) is 6.57 Å². The molecule has 0 spiro atoms. The van der Waals surface area contributed by atoms with Gasteiger partial charge >= 0.3 is 0 Å². The molecule has 1 aromatic heterocycles. The number of fused-ring (bicyclic) bond motifs is 1. The summed E-state index contributed by atoms with van der Waals surface area (Å²) in [7, 11) is 0. The summed E-state index contributed by atoms with van der Waals surface area (Å²) >= 11 is 0. The molecule has 3 nitrogen and oxygen atoms in total. The lowest BCUT2D eigenvalue weighted by Crippen LogP contribution is -2.03. The maximum absolute atomic E-state index is 7.11. The lowest BCUT2D eigenvalue weighted by atomic mass is 10.2. The smallest absolute Gasteiger partial charge is 0.187 e. The number of allylic oxidation sites excluding steroid dienone is 1. The highest BCUT2D eigenvalue weighted by atomic mass is 15.0. The highest BCUT2D eigenvalue weighted by molar-refractivity contribution is 5.90. The Morgan fingerprint density at radius 1 is 1.32 bits per heavy atom. The molecule has 0 saturated carbocycles. The highest BCUT2D eigenvalue weighted by Crippen LogP contribution is 2.32. The lowest BCUT2D eigenvalue weighted by Gasteiger charge is -2.14. The highest BCUT2D eigenvalue weighted by Gasteiger charge is 2.15. The van der Waals surface area contributed by atoms with Crippen LogP contribution in [0.15, 0.2) is 35.3 Å². The molecule has 94 valence electrons. The number of rotatable bonds is 2. The van der Waals surface area contributed by atoms with E-state index in [1.165, 1.54) is 5.52 Å². The van der Waals surface area contributed by atoms with Crippen LogP contribution in [0.3, 0.4) is 0 Å². The van der Waals surface area contributed by atoms with Crippen LogP contribution in [0.2, 0.25) is 0 Å². The second-order valence-electron chi connectivity index (χ2n) is 4.98. The number of aromatic nitrogens is 1. The van der Waals surface area contributed by atoms with Crippen LogP contribution < -0.4 is 0 Å². The van der Waals surface area contributed by atoms with Crippen molar-refractivity contribution < 1.29 is 0 Å². The van der Waals surface area contributed by atoms with Crippen molar-refractivity contribution >= 4 is 28.5 Å². The average Bonchev–Trinajstić information content (AvgIpc) is 3.04. The number of aliphatic imine (C=N–C) groups is 1. The molecule has 0 bridgehead atoms. The van der Waals surface area contributed by atoms with E-state index in [1.807, 2.05) is 24.4 Å². The maximum Gasteiger partial charge on any atom is 0.187 e. The van der Waals surface area contributed by atoms with Crippen LogP contribution >= 0.6 is 0 Å². The van der Waals surface area contributed by atoms with E-state index in [1.54, 1.807) is 0 Å². The molecule has 0 unspecified atom stereocenters. The van der Waals surface area contributed by atoms with Gasteiger partial charge in [-0.3, -0.25) is 4.99 Å². The molecular weight excluding hydrogens is 234 g/mol. The predicted molar refractivity (Wildman–Crippen MR) is 79.7 cm³/mol. The molecule has 1 aliphatic rings. The zero-order valence-corrected chi connectivity index (χ0v) is 11.1. The summed E-state index contributed by atoms with van der Waals surface area (Å²) in [5.41, 5.74) is 4.03. The summed E-state index contributed by atoms with van der Waals surface area (Å²) in [4.78, 5) is 7.94. The van der Waals surface area contributed by atoms with E-state index in [9.17, 15) is 0 Å². The van der Waals surface area contributed by atoms with Gasteiger partial charge in [-0.05, 0) is 37.4 Å². The summed E-state index contributed by atoms with van der Waals surface area (Å²) < 4.78 is 2.29. The van der Waals surface area contributed by atoms with Crippen molar-refractivity contribution in [1.29, 1.82) is 0 Å². The third-order valence-electron chi connectivity index (χ3n) is 3.38. The fourth-order valence-corrected chi connectivity index (χ4v) is 2.59. The van der Waals surface area contributed by atoms with Crippen LogP contribution in [0.1, 0.15) is 32.0 Å². The second kappa shape index (κ2) is 4.40. The third kappa shape index (κ3) is 1.86. The van der Waals surface area contributed by atoms with Crippen molar-refractivity contribution in [2.45, 2.75) is 26.3 Å². The van der Waals surface area contributed by atoms with Crippen LogP contribution in [0.25, 0.3) is 21.4 Å². The molecule has 0 atom stereocenters. The summed E-state index contributed by atoms with van der Waals surface area (Å²) in [6.07, 6.45) is 4.98. The Kier molecular flexibility index (Phi) is 2.72. The van der Waals surface area contributed by atoms with E-state index >= 15 is 0 Å². The zero-order chi connectivity index (χ0) is 13.4. The van der Waals surface area contributed by atoms with Crippen LogP contribution in [0.5, 0.6) is 0 Å². The van der Waals surface area contributed by atoms with Crippen LogP contribution in [0, 0.1) is 6.57 Å². The fourth-order valence-electron chi connectivity index (χ4n) is 2.59. The van der Waals surface area contributed by atoms with Gasteiger partial charge < -0.3 is 4.57 Å². The molecule has 3 heteroatoms. The second-order valence-corrected chi connectivity index (χ2v) is 4.98. The van der Waals surface area contributed by atoms with Crippen molar-refractivity contribution in [3.8, 4) is 0 Å². The van der Waals surface area contributed by atoms with Crippen molar-refractivity contribution in [2.75, 3.05) is 0 Å². The Balaban J connectivity index is 2.29. The van der Waals surface area contributed by atoms with Gasteiger partial charge in [0, 0.05) is 24.2 Å². The van der Waals surface area contributed by atoms with E-state index in [0.29, 0.717) is 11.7 Å². The van der Waals surface area contributed by atoms with Gasteiger partial charge in [-0.25, -0.2) is 4.85 Å². The monoisotopic (exact) mass is 249 g/mol. The lowest BCUT2D eigenvalue weighted by molar-refractivity contribution is 0.616. The van der Waals surface area contributed by atoms with Crippen molar-refractivity contribution in [1.82, 2.24) is 4.57 Å². The van der Waals surface area contributed by atoms with Gasteiger partial charge in [-0.1, -0.05) is 12.1 Å². The van der Waals surface area contributed by atoms with Crippen LogP contribution in [-0.2, 0) is 0 Å². The average molecular weight is 249 g/mol. The number of nitrogens with zero attached hydrogens (tertiary/aromatic N) is 3. The first kappa shape index (κ1) is 11.7. The Labute approximate surface area is 112 Å². The van der Waals surface area contributed by atoms with Gasteiger partial charge in [0.2, 0.25) is 0 Å². The van der Waals surface area contributed by atoms with Gasteiger partial charge in [-0.2, -0.15) is 0 Å². The predicted octanol–water partition coefficient (Wildman–Crippen LogP) is 4.59. The molecule has 2 aromatic rings. The SMILES string of the molecule is [C-]#[N+]c1ccc2c(c1)cc(C1=CCC=N1)n2C(C)C. The molecule has 0 N–H and O–H groups in total. The van der Waals surface area contributed by atoms with Crippen LogP contribution in [0.4, 0.5) is 5.69 Å². The Bertz CT molecular complexity index is 739. The summed E-state index contributed by atoms with van der Waals surface area (Å²) in [5.74, 6) is 0. The molecule has 2 heterocycles. The first-order valence-electron chi connectivity index (χ1n) is 6.46. The largest absolute Gasteiger partial charge is 0.337 e. The third-order valence-corrected chi connectivity index (χ3v) is 3.38. The molecule has 3 rings (SSSR count). The fraction of sp³-hybridized carbons (Fsp3) is 0.250. The minimum absolute atomic E-state index is 0.364. The molecule has 0 fully saturated rings. The standard InChI is InChI=1S/C16H15N3/c1-11(2)19-15-7-6-13(17-3)9-12(15)10-16(19)14-5-4-8-18-14/h5-11H,4H2,1-2H3. The minimum atomic E-state index is 0.364. The van der Waals surface area contributed by atoms with E-state index in [-0.39, 0.29) is 0 Å². The molecule has 0 aliphatic carbocycles. The first-order chi connectivity index (χ1) is 9.20. The molecule has 0 saturated heterocycles. The topological polar surface area (TPSA) is 21.6 Å². The quantitative estimate of drug-likeness (QED) is 0.694. The number of benzene rings is 1. The van der Waals surface area contributed by atoms with Gasteiger partial charge in [0.15, 0.2) is 5.69 Å². The Hall–Kier alpha value is -2.34. The normalized spacial score (nSPS) is 14.1. The maximum atomic E-state index is 7.11. The van der Waals surface area contributed by atoms with Crippen molar-refractivity contribution in [3.63, 3.8) is 0 Å². The van der Waals surface area contributed by atoms with E-state index in [0.717, 1.165) is 23.2 Å². The van der Waals surface area contributed by atoms with Gasteiger partial charge in [-0.15, -0.1) is 0 Å². The van der Waals surface area contributed by atoms with Gasteiger partial charge in [0.05, 0.1) is 18.0 Å². The molecular formula is C16H15N3. The first-order valence-corrected chi connectivity index (χ1v) is 6.46. The molecule has 0 amide bonds. The molecule has 1 aromatic carbocycles. The summed E-state index contributed by atoms with van der Waals surface area (Å²) in [5, 5.41) is 1.11. The van der Waals surface area contributed by atoms with E-state index < -0.39 is 0 Å². The van der Waals surface area contributed by atoms with E-state index in [2.05, 4.69) is 40.4 Å². The number of hydrogen-bond donors (Lipinski definition) is 0. The molecule has 19 heavy (non-hydrogen) atoms. The molecule has 1 aliphatic heterocycles. The number of hydrogen-bond acceptors (Lipinski definition) is 1. The van der Waals surface area contributed by atoms with Crippen LogP contribution in [-0.4, -0.2) is 10.8 Å². The van der Waals surface area contributed by atoms with Gasteiger partial charge in [0.1, 0.15) is 0 Å². The van der Waals surface area contributed by atoms with Crippen molar-refractivity contribution in [3.05, 3.63) is 47.5 Å². The Morgan fingerprint density at radius 3 is 2.79 bits per heavy atom. The van der Waals surface area contributed by atoms with Gasteiger partial charge in [0.25, 0.3) is 0 Å². The Morgan fingerprint density at radius 2 is 2.16 bits per heavy atom. The van der Waals surface area contributed by atoms with Crippen molar-refractivity contribution in [2.24, 2.45) is 4.99 Å². The summed E-state index contributed by atoms with van der Waals surface area (Å²) in [6.45, 7) is 11.5. The minimum Gasteiger partial charge on any atom is -0.337 e. The summed E-state index contributed by atoms with van der Waals surface area (Å²) in [6, 6.07) is 8.36.